The van der Waals surface area contributed by atoms with Crippen LogP contribution in [0.25, 0.3) is 11.3 Å². The molecule has 1 saturated heterocycles. The minimum atomic E-state index is -0.0875. The fraction of sp³-hybridized carbons (Fsp3) is 0.400. The molecule has 3 aromatic heterocycles. The summed E-state index contributed by atoms with van der Waals surface area (Å²) in [5.74, 6) is 1.38. The van der Waals surface area contributed by atoms with E-state index in [4.69, 9.17) is 14.0 Å². The van der Waals surface area contributed by atoms with Crippen LogP contribution in [0.15, 0.2) is 33.3 Å². The van der Waals surface area contributed by atoms with E-state index in [0.29, 0.717) is 18.2 Å². The Morgan fingerprint density at radius 2 is 2.07 bits per heavy atom. The fourth-order valence-electron chi connectivity index (χ4n) is 3.68. The van der Waals surface area contributed by atoms with Crippen LogP contribution >= 0.6 is 0 Å². The zero-order valence-corrected chi connectivity index (χ0v) is 15.7. The molecule has 4 rings (SSSR count). The number of pyridine rings is 1. The van der Waals surface area contributed by atoms with E-state index in [1.165, 1.54) is 0 Å². The lowest BCUT2D eigenvalue weighted by molar-refractivity contribution is 0.0745. The second-order valence-corrected chi connectivity index (χ2v) is 7.16. The topological polar surface area (TPSA) is 85.3 Å². The van der Waals surface area contributed by atoms with Crippen molar-refractivity contribution in [2.24, 2.45) is 5.92 Å². The average molecular weight is 366 g/mol. The third-order valence-electron chi connectivity index (χ3n) is 5.01. The van der Waals surface area contributed by atoms with E-state index in [1.807, 2.05) is 43.9 Å². The van der Waals surface area contributed by atoms with Gasteiger partial charge in [0.2, 0.25) is 5.76 Å². The summed E-state index contributed by atoms with van der Waals surface area (Å²) in [6, 6.07) is 7.71. The highest BCUT2D eigenvalue weighted by atomic mass is 16.5. The Labute approximate surface area is 157 Å². The van der Waals surface area contributed by atoms with Crippen LogP contribution in [0.5, 0.6) is 0 Å². The van der Waals surface area contributed by atoms with Crippen molar-refractivity contribution in [3.8, 4) is 11.3 Å². The summed E-state index contributed by atoms with van der Waals surface area (Å²) in [5, 5.41) is 7.81. The number of carbonyl (C=O) groups excluding carboxylic acids is 1. The number of likely N-dealkylation sites (tertiary alicyclic amines) is 1. The summed E-state index contributed by atoms with van der Waals surface area (Å²) in [6.07, 6.45) is 1.78. The molecule has 140 valence electrons. The molecular weight excluding hydrogens is 344 g/mol. The van der Waals surface area contributed by atoms with E-state index >= 15 is 0 Å². The Bertz CT molecular complexity index is 956. The molecule has 1 fully saturated rings. The minimum absolute atomic E-state index is 0.0875. The Kier molecular flexibility index (Phi) is 4.51. The maximum atomic E-state index is 12.5. The summed E-state index contributed by atoms with van der Waals surface area (Å²) < 4.78 is 10.4. The third-order valence-corrected chi connectivity index (χ3v) is 5.01. The second kappa shape index (κ2) is 6.98. The van der Waals surface area contributed by atoms with Gasteiger partial charge in [-0.3, -0.25) is 9.78 Å². The standard InChI is InChI=1S/C20H22N4O3/c1-12-9-18(27-22-12)20(25)24-8-7-15(11-24)10-16-5-4-6-17(21-16)19-13(2)23-26-14(19)3/h4-6,9,15H,7-8,10-11H2,1-3H3/t15-/m0/s1. The highest BCUT2D eigenvalue weighted by molar-refractivity contribution is 5.91. The molecule has 1 amide bonds. The highest BCUT2D eigenvalue weighted by Crippen LogP contribution is 2.27. The van der Waals surface area contributed by atoms with Crippen molar-refractivity contribution in [3.63, 3.8) is 0 Å². The van der Waals surface area contributed by atoms with Gasteiger partial charge in [0.1, 0.15) is 5.76 Å². The molecule has 0 aliphatic carbocycles. The molecule has 1 aliphatic heterocycles. The lowest BCUT2D eigenvalue weighted by atomic mass is 10.0. The molecular formula is C20H22N4O3. The largest absolute Gasteiger partial charge is 0.361 e. The van der Waals surface area contributed by atoms with Crippen LogP contribution in [0.2, 0.25) is 0 Å². The Hall–Kier alpha value is -2.96. The van der Waals surface area contributed by atoms with Gasteiger partial charge in [-0.1, -0.05) is 16.4 Å². The Morgan fingerprint density at radius 1 is 1.22 bits per heavy atom. The monoisotopic (exact) mass is 366 g/mol. The van der Waals surface area contributed by atoms with Crippen LogP contribution in [0, 0.1) is 26.7 Å². The molecule has 27 heavy (non-hydrogen) atoms. The molecule has 7 heteroatoms. The predicted molar refractivity (Wildman–Crippen MR) is 98.2 cm³/mol. The van der Waals surface area contributed by atoms with Crippen LogP contribution < -0.4 is 0 Å². The van der Waals surface area contributed by atoms with Gasteiger partial charge in [0.15, 0.2) is 0 Å². The highest BCUT2D eigenvalue weighted by Gasteiger charge is 2.29. The van der Waals surface area contributed by atoms with Crippen molar-refractivity contribution in [1.82, 2.24) is 20.2 Å². The predicted octanol–water partition coefficient (Wildman–Crippen LogP) is 3.35. The number of amides is 1. The zero-order valence-electron chi connectivity index (χ0n) is 15.7. The van der Waals surface area contributed by atoms with Crippen molar-refractivity contribution in [3.05, 3.63) is 52.9 Å². The van der Waals surface area contributed by atoms with Gasteiger partial charge in [-0.25, -0.2) is 0 Å². The van der Waals surface area contributed by atoms with Gasteiger partial charge >= 0.3 is 0 Å². The Morgan fingerprint density at radius 3 is 2.78 bits per heavy atom. The van der Waals surface area contributed by atoms with Gasteiger partial charge in [0.25, 0.3) is 5.91 Å². The van der Waals surface area contributed by atoms with Crippen LogP contribution in [-0.4, -0.2) is 39.2 Å². The number of rotatable bonds is 4. The molecule has 0 N–H and O–H groups in total. The molecule has 0 unspecified atom stereocenters. The van der Waals surface area contributed by atoms with Crippen LogP contribution in [0.4, 0.5) is 0 Å². The number of hydrogen-bond acceptors (Lipinski definition) is 6. The molecule has 1 atom stereocenters. The first-order valence-electron chi connectivity index (χ1n) is 9.13. The first-order valence-corrected chi connectivity index (χ1v) is 9.13. The summed E-state index contributed by atoms with van der Waals surface area (Å²) in [5.41, 5.74) is 4.42. The normalized spacial score (nSPS) is 16.9. The third kappa shape index (κ3) is 3.49. The van der Waals surface area contributed by atoms with Gasteiger partial charge in [0, 0.05) is 24.8 Å². The van der Waals surface area contributed by atoms with Crippen molar-refractivity contribution in [1.29, 1.82) is 0 Å². The van der Waals surface area contributed by atoms with E-state index in [1.54, 1.807) is 6.07 Å². The van der Waals surface area contributed by atoms with Crippen molar-refractivity contribution < 1.29 is 13.8 Å². The number of carbonyl (C=O) groups is 1. The van der Waals surface area contributed by atoms with E-state index in [2.05, 4.69) is 10.3 Å². The maximum Gasteiger partial charge on any atom is 0.292 e. The maximum absolute atomic E-state index is 12.5. The summed E-state index contributed by atoms with van der Waals surface area (Å²) in [6.45, 7) is 7.06. The van der Waals surface area contributed by atoms with Gasteiger partial charge in [0.05, 0.1) is 22.6 Å². The van der Waals surface area contributed by atoms with Gasteiger partial charge in [-0.2, -0.15) is 0 Å². The molecule has 0 aromatic carbocycles. The van der Waals surface area contributed by atoms with Gasteiger partial charge < -0.3 is 13.9 Å². The zero-order chi connectivity index (χ0) is 19.0. The number of nitrogens with zero attached hydrogens (tertiary/aromatic N) is 4. The first kappa shape index (κ1) is 17.5. The summed E-state index contributed by atoms with van der Waals surface area (Å²) in [4.78, 5) is 19.1. The molecule has 7 nitrogen and oxygen atoms in total. The van der Waals surface area contributed by atoms with Crippen LogP contribution in [0.1, 0.15) is 39.8 Å². The van der Waals surface area contributed by atoms with E-state index in [9.17, 15) is 4.79 Å². The number of aromatic nitrogens is 3. The average Bonchev–Trinajstić information content (AvgIpc) is 3.36. The smallest absolute Gasteiger partial charge is 0.292 e. The van der Waals surface area contributed by atoms with Crippen LogP contribution in [-0.2, 0) is 6.42 Å². The molecule has 0 radical (unpaired) electrons. The van der Waals surface area contributed by atoms with Crippen LogP contribution in [0.3, 0.4) is 0 Å². The van der Waals surface area contributed by atoms with E-state index < -0.39 is 0 Å². The van der Waals surface area contributed by atoms with Crippen molar-refractivity contribution in [2.75, 3.05) is 13.1 Å². The molecule has 4 heterocycles. The van der Waals surface area contributed by atoms with E-state index in [-0.39, 0.29) is 5.91 Å². The number of hydrogen-bond donors (Lipinski definition) is 0. The van der Waals surface area contributed by atoms with Crippen molar-refractivity contribution >= 4 is 5.91 Å². The summed E-state index contributed by atoms with van der Waals surface area (Å²) >= 11 is 0. The molecule has 0 saturated carbocycles. The van der Waals surface area contributed by atoms with Crippen molar-refractivity contribution in [2.45, 2.75) is 33.6 Å². The quantitative estimate of drug-likeness (QED) is 0.704. The minimum Gasteiger partial charge on any atom is -0.361 e. The lowest BCUT2D eigenvalue weighted by Gasteiger charge is -2.14. The van der Waals surface area contributed by atoms with Gasteiger partial charge in [-0.05, 0) is 51.7 Å². The first-order chi connectivity index (χ1) is 13.0. The SMILES string of the molecule is Cc1cc(C(=O)N2CC[C@@H](Cc3cccc(-c4c(C)noc4C)n3)C2)on1. The fourth-order valence-corrected chi connectivity index (χ4v) is 3.68. The lowest BCUT2D eigenvalue weighted by Crippen LogP contribution is -2.28. The van der Waals surface area contributed by atoms with E-state index in [0.717, 1.165) is 53.5 Å². The summed E-state index contributed by atoms with van der Waals surface area (Å²) in [7, 11) is 0. The Balaban J connectivity index is 1.45. The molecule has 1 aliphatic rings. The molecule has 0 bridgehead atoms. The number of aryl methyl sites for hydroxylation is 3. The molecule has 3 aromatic rings. The second-order valence-electron chi connectivity index (χ2n) is 7.16. The molecule has 0 spiro atoms. The van der Waals surface area contributed by atoms with Gasteiger partial charge in [-0.15, -0.1) is 0 Å².